The summed E-state index contributed by atoms with van der Waals surface area (Å²) in [4.78, 5) is 12.9. The van der Waals surface area contributed by atoms with Gasteiger partial charge in [-0.15, -0.1) is 11.8 Å². The Kier molecular flexibility index (Phi) is 5.68. The van der Waals surface area contributed by atoms with Crippen molar-refractivity contribution >= 4 is 23.6 Å². The van der Waals surface area contributed by atoms with Gasteiger partial charge in [-0.25, -0.2) is 0 Å². The lowest BCUT2D eigenvalue weighted by atomic mass is 10.3. The standard InChI is InChI=1S/C15H18N2O3S/c1-11-10-15(20-17-11)16-14(18)4-3-9-21-13-7-5-12(19-2)6-8-13/h5-8,10H,3-4,9H2,1-2H3,(H,16,18). The third-order valence-electron chi connectivity index (χ3n) is 2.77. The van der Waals surface area contributed by atoms with Crippen molar-refractivity contribution in [2.24, 2.45) is 0 Å². The van der Waals surface area contributed by atoms with Crippen LogP contribution in [0.1, 0.15) is 18.5 Å². The quantitative estimate of drug-likeness (QED) is 0.626. The molecule has 0 saturated heterocycles. The highest BCUT2D eigenvalue weighted by Crippen LogP contribution is 2.22. The molecule has 2 aromatic rings. The first-order chi connectivity index (χ1) is 10.2. The largest absolute Gasteiger partial charge is 0.497 e. The molecule has 1 aromatic heterocycles. The summed E-state index contributed by atoms with van der Waals surface area (Å²) < 4.78 is 10.0. The fourth-order valence-electron chi connectivity index (χ4n) is 1.72. The number of rotatable bonds is 7. The molecule has 0 bridgehead atoms. The second-order valence-corrected chi connectivity index (χ2v) is 5.68. The van der Waals surface area contributed by atoms with Gasteiger partial charge in [0, 0.05) is 17.4 Å². The van der Waals surface area contributed by atoms with Crippen molar-refractivity contribution in [1.82, 2.24) is 5.16 Å². The van der Waals surface area contributed by atoms with Crippen LogP contribution in [0, 0.1) is 6.92 Å². The van der Waals surface area contributed by atoms with E-state index in [1.807, 2.05) is 31.2 Å². The number of nitrogens with one attached hydrogen (secondary N) is 1. The smallest absolute Gasteiger partial charge is 0.231 e. The molecular formula is C15H18N2O3S. The van der Waals surface area contributed by atoms with E-state index in [9.17, 15) is 4.79 Å². The zero-order valence-corrected chi connectivity index (χ0v) is 12.9. The van der Waals surface area contributed by atoms with Gasteiger partial charge in [0.25, 0.3) is 0 Å². The average Bonchev–Trinajstić information content (AvgIpc) is 2.89. The van der Waals surface area contributed by atoms with Gasteiger partial charge in [0.05, 0.1) is 12.8 Å². The molecule has 5 nitrogen and oxygen atoms in total. The second-order valence-electron chi connectivity index (χ2n) is 4.51. The van der Waals surface area contributed by atoms with Gasteiger partial charge < -0.3 is 9.26 Å². The number of carbonyl (C=O) groups excluding carboxylic acids is 1. The lowest BCUT2D eigenvalue weighted by Crippen LogP contribution is -2.10. The van der Waals surface area contributed by atoms with Gasteiger partial charge in [-0.3, -0.25) is 10.1 Å². The summed E-state index contributed by atoms with van der Waals surface area (Å²) in [6.45, 7) is 1.81. The molecule has 0 saturated carbocycles. The zero-order chi connectivity index (χ0) is 15.1. The summed E-state index contributed by atoms with van der Waals surface area (Å²) in [7, 11) is 1.65. The van der Waals surface area contributed by atoms with Crippen molar-refractivity contribution in [1.29, 1.82) is 0 Å². The molecule has 1 aromatic carbocycles. The second kappa shape index (κ2) is 7.73. The van der Waals surface area contributed by atoms with E-state index in [2.05, 4.69) is 10.5 Å². The highest BCUT2D eigenvalue weighted by atomic mass is 32.2. The van der Waals surface area contributed by atoms with Crippen LogP contribution in [0.4, 0.5) is 5.88 Å². The van der Waals surface area contributed by atoms with E-state index in [0.717, 1.165) is 23.6 Å². The number of carbonyl (C=O) groups is 1. The van der Waals surface area contributed by atoms with Crippen LogP contribution in [0.15, 0.2) is 39.8 Å². The Hall–Kier alpha value is -1.95. The van der Waals surface area contributed by atoms with Crippen molar-refractivity contribution in [3.8, 4) is 5.75 Å². The molecule has 112 valence electrons. The van der Waals surface area contributed by atoms with Crippen LogP contribution in [-0.2, 0) is 4.79 Å². The maximum atomic E-state index is 11.7. The number of methoxy groups -OCH3 is 1. The van der Waals surface area contributed by atoms with E-state index < -0.39 is 0 Å². The van der Waals surface area contributed by atoms with Crippen molar-refractivity contribution in [3.05, 3.63) is 36.0 Å². The first kappa shape index (κ1) is 15.4. The van der Waals surface area contributed by atoms with Crippen LogP contribution in [0.5, 0.6) is 5.75 Å². The monoisotopic (exact) mass is 306 g/mol. The van der Waals surface area contributed by atoms with E-state index >= 15 is 0 Å². The number of hydrogen-bond donors (Lipinski definition) is 1. The highest BCUT2D eigenvalue weighted by Gasteiger charge is 2.06. The first-order valence-electron chi connectivity index (χ1n) is 6.67. The summed E-state index contributed by atoms with van der Waals surface area (Å²) in [5.74, 6) is 2.08. The van der Waals surface area contributed by atoms with Crippen LogP contribution < -0.4 is 10.1 Å². The van der Waals surface area contributed by atoms with Gasteiger partial charge in [-0.2, -0.15) is 0 Å². The number of hydrogen-bond acceptors (Lipinski definition) is 5. The van der Waals surface area contributed by atoms with Gasteiger partial charge in [-0.05, 0) is 43.4 Å². The summed E-state index contributed by atoms with van der Waals surface area (Å²) in [6.07, 6.45) is 1.26. The number of aryl methyl sites for hydroxylation is 1. The van der Waals surface area contributed by atoms with Gasteiger partial charge in [0.1, 0.15) is 5.75 Å². The lowest BCUT2D eigenvalue weighted by molar-refractivity contribution is -0.116. The molecule has 6 heteroatoms. The van der Waals surface area contributed by atoms with Crippen LogP contribution in [0.2, 0.25) is 0 Å². The van der Waals surface area contributed by atoms with Crippen molar-refractivity contribution in [3.63, 3.8) is 0 Å². The molecule has 1 N–H and O–H groups in total. The SMILES string of the molecule is COc1ccc(SCCCC(=O)Nc2cc(C)no2)cc1. The van der Waals surface area contributed by atoms with Crippen LogP contribution in [0.3, 0.4) is 0 Å². The fraction of sp³-hybridized carbons (Fsp3) is 0.333. The summed E-state index contributed by atoms with van der Waals surface area (Å²) in [5.41, 5.74) is 0.750. The Balaban J connectivity index is 1.65. The van der Waals surface area contributed by atoms with Crippen molar-refractivity contribution in [2.45, 2.75) is 24.7 Å². The summed E-state index contributed by atoms with van der Waals surface area (Å²) in [6, 6.07) is 9.59. The molecule has 0 spiro atoms. The molecule has 0 fully saturated rings. The van der Waals surface area contributed by atoms with E-state index in [1.165, 1.54) is 4.90 Å². The Labute approximate surface area is 128 Å². The Morgan fingerprint density at radius 1 is 1.38 bits per heavy atom. The van der Waals surface area contributed by atoms with E-state index in [0.29, 0.717) is 12.3 Å². The lowest BCUT2D eigenvalue weighted by Gasteiger charge is -2.03. The minimum absolute atomic E-state index is 0.0542. The van der Waals surface area contributed by atoms with Crippen LogP contribution in [0.25, 0.3) is 0 Å². The molecule has 0 radical (unpaired) electrons. The number of benzene rings is 1. The van der Waals surface area contributed by atoms with Crippen LogP contribution >= 0.6 is 11.8 Å². The summed E-state index contributed by atoms with van der Waals surface area (Å²) in [5, 5.41) is 6.40. The van der Waals surface area contributed by atoms with Gasteiger partial charge in [0.15, 0.2) is 0 Å². The fourth-order valence-corrected chi connectivity index (χ4v) is 2.57. The zero-order valence-electron chi connectivity index (χ0n) is 12.1. The molecule has 0 aliphatic rings. The molecular weight excluding hydrogens is 288 g/mol. The van der Waals surface area contributed by atoms with Gasteiger partial charge >= 0.3 is 0 Å². The third-order valence-corrected chi connectivity index (χ3v) is 3.87. The number of nitrogens with zero attached hydrogens (tertiary/aromatic N) is 1. The van der Waals surface area contributed by atoms with E-state index in [4.69, 9.17) is 9.26 Å². The normalized spacial score (nSPS) is 10.4. The molecule has 2 rings (SSSR count). The van der Waals surface area contributed by atoms with Crippen molar-refractivity contribution < 1.29 is 14.1 Å². The Morgan fingerprint density at radius 2 is 2.14 bits per heavy atom. The average molecular weight is 306 g/mol. The molecule has 21 heavy (non-hydrogen) atoms. The highest BCUT2D eigenvalue weighted by molar-refractivity contribution is 7.99. The van der Waals surface area contributed by atoms with E-state index in [1.54, 1.807) is 24.9 Å². The molecule has 0 atom stereocenters. The predicted molar refractivity (Wildman–Crippen MR) is 82.8 cm³/mol. The third kappa shape index (κ3) is 5.15. The molecule has 0 aliphatic heterocycles. The number of anilines is 1. The van der Waals surface area contributed by atoms with Crippen molar-refractivity contribution in [2.75, 3.05) is 18.2 Å². The Morgan fingerprint density at radius 3 is 2.76 bits per heavy atom. The Bertz CT molecular complexity index is 581. The minimum atomic E-state index is -0.0542. The maximum absolute atomic E-state index is 11.7. The van der Waals surface area contributed by atoms with E-state index in [-0.39, 0.29) is 5.91 Å². The molecule has 1 amide bonds. The van der Waals surface area contributed by atoms with Gasteiger partial charge in [-0.1, -0.05) is 5.16 Å². The number of ether oxygens (including phenoxy) is 1. The van der Waals surface area contributed by atoms with Gasteiger partial charge in [0.2, 0.25) is 11.8 Å². The number of aromatic nitrogens is 1. The summed E-state index contributed by atoms with van der Waals surface area (Å²) >= 11 is 1.72. The predicted octanol–water partition coefficient (Wildman–Crippen LogP) is 3.50. The minimum Gasteiger partial charge on any atom is -0.497 e. The topological polar surface area (TPSA) is 64.4 Å². The molecule has 0 unspecified atom stereocenters. The van der Waals surface area contributed by atoms with Crippen LogP contribution in [-0.4, -0.2) is 23.9 Å². The molecule has 0 aliphatic carbocycles. The number of amides is 1. The first-order valence-corrected chi connectivity index (χ1v) is 7.66. The number of thioether (sulfide) groups is 1. The maximum Gasteiger partial charge on any atom is 0.231 e. The molecule has 1 heterocycles.